The fraction of sp³-hybridized carbons (Fsp3) is 0.692. The van der Waals surface area contributed by atoms with Gasteiger partial charge in [-0.1, -0.05) is 6.92 Å². The number of anilines is 1. The van der Waals surface area contributed by atoms with Crippen LogP contribution in [0, 0.1) is 5.92 Å². The first-order chi connectivity index (χ1) is 8.76. The molecule has 1 aliphatic heterocycles. The van der Waals surface area contributed by atoms with Crippen LogP contribution in [-0.2, 0) is 0 Å². The minimum absolute atomic E-state index is 0.364. The van der Waals surface area contributed by atoms with Crippen molar-refractivity contribution in [3.8, 4) is 5.88 Å². The molecule has 2 heterocycles. The topological polar surface area (TPSA) is 64.3 Å². The number of rotatable bonds is 4. The molecule has 0 saturated carbocycles. The molecule has 1 aromatic heterocycles. The van der Waals surface area contributed by atoms with Crippen LogP contribution < -0.4 is 15.4 Å². The van der Waals surface area contributed by atoms with Crippen molar-refractivity contribution < 1.29 is 4.74 Å². The first-order valence-corrected chi connectivity index (χ1v) is 6.67. The summed E-state index contributed by atoms with van der Waals surface area (Å²) in [7, 11) is 0. The summed E-state index contributed by atoms with van der Waals surface area (Å²) in [6.07, 6.45) is 3.99. The number of piperidine rings is 1. The highest BCUT2D eigenvalue weighted by atomic mass is 16.5. The zero-order valence-electron chi connectivity index (χ0n) is 11.2. The molecule has 2 N–H and O–H groups in total. The number of hydrogen-bond acceptors (Lipinski definition) is 5. The molecule has 2 atom stereocenters. The van der Waals surface area contributed by atoms with Crippen molar-refractivity contribution in [3.05, 3.63) is 12.4 Å². The highest BCUT2D eigenvalue weighted by Crippen LogP contribution is 2.27. The van der Waals surface area contributed by atoms with Gasteiger partial charge in [0, 0.05) is 25.2 Å². The maximum absolute atomic E-state index is 5.90. The van der Waals surface area contributed by atoms with Gasteiger partial charge in [-0.15, -0.1) is 0 Å². The second-order valence-electron chi connectivity index (χ2n) is 4.76. The van der Waals surface area contributed by atoms with E-state index >= 15 is 0 Å². The summed E-state index contributed by atoms with van der Waals surface area (Å²) in [5.41, 5.74) is 5.90. The third-order valence-electron chi connectivity index (χ3n) is 3.57. The zero-order valence-corrected chi connectivity index (χ0v) is 11.2. The van der Waals surface area contributed by atoms with E-state index in [0.29, 0.717) is 31.0 Å². The molecule has 1 aliphatic rings. The summed E-state index contributed by atoms with van der Waals surface area (Å²) >= 11 is 0. The quantitative estimate of drug-likeness (QED) is 0.876. The standard InChI is InChI=1S/C13H22N4O/c1-3-18-13-7-12(15-9-16-13)17-6-4-5-10(2)11(17)8-14/h7,9-11H,3-6,8,14H2,1-2H3. The second kappa shape index (κ2) is 6.00. The minimum atomic E-state index is 0.364. The van der Waals surface area contributed by atoms with Crippen molar-refractivity contribution in [1.29, 1.82) is 0 Å². The number of aromatic nitrogens is 2. The van der Waals surface area contributed by atoms with Gasteiger partial charge in [-0.25, -0.2) is 9.97 Å². The summed E-state index contributed by atoms with van der Waals surface area (Å²) in [6.45, 7) is 6.50. The van der Waals surface area contributed by atoms with Gasteiger partial charge in [-0.2, -0.15) is 0 Å². The Morgan fingerprint density at radius 1 is 1.50 bits per heavy atom. The predicted octanol–water partition coefficient (Wildman–Crippen LogP) is 1.44. The molecule has 2 unspecified atom stereocenters. The highest BCUT2D eigenvalue weighted by molar-refractivity contribution is 5.42. The molecule has 1 saturated heterocycles. The molecule has 0 aliphatic carbocycles. The fourth-order valence-corrected chi connectivity index (χ4v) is 2.61. The Morgan fingerprint density at radius 2 is 2.33 bits per heavy atom. The van der Waals surface area contributed by atoms with E-state index in [0.717, 1.165) is 12.4 Å². The Kier molecular flexibility index (Phi) is 4.36. The van der Waals surface area contributed by atoms with Gasteiger partial charge >= 0.3 is 0 Å². The Bertz CT molecular complexity index is 385. The van der Waals surface area contributed by atoms with Gasteiger partial charge in [0.2, 0.25) is 5.88 Å². The minimum Gasteiger partial charge on any atom is -0.478 e. The molecule has 18 heavy (non-hydrogen) atoms. The summed E-state index contributed by atoms with van der Waals surface area (Å²) < 4.78 is 5.42. The van der Waals surface area contributed by atoms with Crippen LogP contribution >= 0.6 is 0 Å². The molecule has 1 fully saturated rings. The van der Waals surface area contributed by atoms with E-state index in [1.54, 1.807) is 6.33 Å². The normalized spacial score (nSPS) is 24.1. The maximum Gasteiger partial charge on any atom is 0.218 e. The largest absolute Gasteiger partial charge is 0.478 e. The monoisotopic (exact) mass is 250 g/mol. The molecule has 100 valence electrons. The molecule has 2 rings (SSSR count). The first-order valence-electron chi connectivity index (χ1n) is 6.67. The van der Waals surface area contributed by atoms with Crippen molar-refractivity contribution >= 4 is 5.82 Å². The molecule has 1 aromatic rings. The molecular weight excluding hydrogens is 228 g/mol. The van der Waals surface area contributed by atoms with Crippen LogP contribution in [0.3, 0.4) is 0 Å². The smallest absolute Gasteiger partial charge is 0.218 e. The van der Waals surface area contributed by atoms with Gasteiger partial charge in [0.1, 0.15) is 12.1 Å². The van der Waals surface area contributed by atoms with Crippen LogP contribution in [-0.4, -0.2) is 35.7 Å². The summed E-state index contributed by atoms with van der Waals surface area (Å²) in [4.78, 5) is 10.7. The molecular formula is C13H22N4O. The molecule has 5 heteroatoms. The lowest BCUT2D eigenvalue weighted by molar-refractivity contribution is 0.323. The van der Waals surface area contributed by atoms with Gasteiger partial charge in [0.15, 0.2) is 0 Å². The third kappa shape index (κ3) is 2.72. The zero-order chi connectivity index (χ0) is 13.0. The number of hydrogen-bond donors (Lipinski definition) is 1. The third-order valence-corrected chi connectivity index (χ3v) is 3.57. The molecule has 5 nitrogen and oxygen atoms in total. The lowest BCUT2D eigenvalue weighted by Crippen LogP contribution is -2.49. The molecule has 0 radical (unpaired) electrons. The summed E-state index contributed by atoms with van der Waals surface area (Å²) in [6, 6.07) is 2.27. The highest BCUT2D eigenvalue weighted by Gasteiger charge is 2.28. The van der Waals surface area contributed by atoms with E-state index in [2.05, 4.69) is 21.8 Å². The van der Waals surface area contributed by atoms with E-state index < -0.39 is 0 Å². The van der Waals surface area contributed by atoms with Crippen molar-refractivity contribution in [2.45, 2.75) is 32.7 Å². The number of nitrogens with zero attached hydrogens (tertiary/aromatic N) is 3. The lowest BCUT2D eigenvalue weighted by atomic mass is 9.91. The Hall–Kier alpha value is -1.36. The van der Waals surface area contributed by atoms with Gasteiger partial charge in [0.05, 0.1) is 6.61 Å². The van der Waals surface area contributed by atoms with Gasteiger partial charge < -0.3 is 15.4 Å². The lowest BCUT2D eigenvalue weighted by Gasteiger charge is -2.40. The van der Waals surface area contributed by atoms with Crippen molar-refractivity contribution in [3.63, 3.8) is 0 Å². The molecule has 0 bridgehead atoms. The average Bonchev–Trinajstić information content (AvgIpc) is 2.39. The van der Waals surface area contributed by atoms with E-state index in [4.69, 9.17) is 10.5 Å². The van der Waals surface area contributed by atoms with Gasteiger partial charge in [-0.3, -0.25) is 0 Å². The van der Waals surface area contributed by atoms with Crippen molar-refractivity contribution in [1.82, 2.24) is 9.97 Å². The fourth-order valence-electron chi connectivity index (χ4n) is 2.61. The van der Waals surface area contributed by atoms with Crippen LogP contribution in [0.4, 0.5) is 5.82 Å². The van der Waals surface area contributed by atoms with Gasteiger partial charge in [0.25, 0.3) is 0 Å². The maximum atomic E-state index is 5.90. The summed E-state index contributed by atoms with van der Waals surface area (Å²) in [5, 5.41) is 0. The molecule has 0 spiro atoms. The predicted molar refractivity (Wildman–Crippen MR) is 71.8 cm³/mol. The van der Waals surface area contributed by atoms with Crippen LogP contribution in [0.2, 0.25) is 0 Å². The van der Waals surface area contributed by atoms with Crippen LogP contribution in [0.25, 0.3) is 0 Å². The number of ether oxygens (including phenoxy) is 1. The summed E-state index contributed by atoms with van der Waals surface area (Å²) in [5.74, 6) is 2.17. The second-order valence-corrected chi connectivity index (χ2v) is 4.76. The van der Waals surface area contributed by atoms with Crippen molar-refractivity contribution in [2.24, 2.45) is 11.7 Å². The van der Waals surface area contributed by atoms with Crippen LogP contribution in [0.5, 0.6) is 5.88 Å². The first kappa shape index (κ1) is 13.1. The van der Waals surface area contributed by atoms with Crippen LogP contribution in [0.15, 0.2) is 12.4 Å². The van der Waals surface area contributed by atoms with E-state index in [9.17, 15) is 0 Å². The Labute approximate surface area is 108 Å². The Morgan fingerprint density at radius 3 is 3.06 bits per heavy atom. The average molecular weight is 250 g/mol. The van der Waals surface area contributed by atoms with Crippen molar-refractivity contribution in [2.75, 3.05) is 24.6 Å². The SMILES string of the molecule is CCOc1cc(N2CCCC(C)C2CN)ncn1. The molecule has 0 amide bonds. The van der Waals surface area contributed by atoms with E-state index in [-0.39, 0.29) is 0 Å². The number of nitrogens with two attached hydrogens (primary N) is 1. The molecule has 0 aromatic carbocycles. The van der Waals surface area contributed by atoms with Crippen LogP contribution in [0.1, 0.15) is 26.7 Å². The Balaban J connectivity index is 2.20. The van der Waals surface area contributed by atoms with E-state index in [1.165, 1.54) is 12.8 Å². The van der Waals surface area contributed by atoms with E-state index in [1.807, 2.05) is 13.0 Å². The van der Waals surface area contributed by atoms with Gasteiger partial charge in [-0.05, 0) is 25.7 Å².